The predicted molar refractivity (Wildman–Crippen MR) is 108 cm³/mol. The van der Waals surface area contributed by atoms with Crippen molar-refractivity contribution in [2.45, 2.75) is 50.2 Å². The summed E-state index contributed by atoms with van der Waals surface area (Å²) < 4.78 is 0. The lowest BCUT2D eigenvalue weighted by Gasteiger charge is -2.23. The molecule has 1 amide bonds. The SMILES string of the molecule is Cc1[nH]c(=O)c(C#N)c(C)c1CCC(=O)N1CCC(C)Sc2ccccc21. The number of fused-ring (bicyclic) bond motifs is 1. The summed E-state index contributed by atoms with van der Waals surface area (Å²) in [6.45, 7) is 6.48. The standard InChI is InChI=1S/C21H23N3O2S/c1-13-10-11-24(18-6-4-5-7-19(18)27-13)20(25)9-8-16-14(2)17(12-22)21(26)23-15(16)3/h4-7,13H,8-11H2,1-3H3,(H,23,26). The molecule has 0 saturated carbocycles. The number of rotatable bonds is 3. The molecule has 0 radical (unpaired) electrons. The van der Waals surface area contributed by atoms with Gasteiger partial charge in [0.05, 0.1) is 5.69 Å². The molecule has 3 rings (SSSR count). The number of H-pyrrole nitrogens is 1. The van der Waals surface area contributed by atoms with Gasteiger partial charge in [-0.2, -0.15) is 5.26 Å². The van der Waals surface area contributed by atoms with Crippen LogP contribution in [0.15, 0.2) is 34.0 Å². The van der Waals surface area contributed by atoms with Crippen LogP contribution in [0.2, 0.25) is 0 Å². The zero-order valence-electron chi connectivity index (χ0n) is 15.8. The minimum Gasteiger partial charge on any atom is -0.325 e. The van der Waals surface area contributed by atoms with Crippen LogP contribution < -0.4 is 10.5 Å². The van der Waals surface area contributed by atoms with E-state index >= 15 is 0 Å². The fraction of sp³-hybridized carbons (Fsp3) is 0.381. The molecule has 0 bridgehead atoms. The van der Waals surface area contributed by atoms with E-state index in [2.05, 4.69) is 18.0 Å². The van der Waals surface area contributed by atoms with Gasteiger partial charge in [-0.1, -0.05) is 19.1 Å². The molecule has 1 N–H and O–H groups in total. The molecule has 1 atom stereocenters. The highest BCUT2D eigenvalue weighted by atomic mass is 32.2. The second kappa shape index (κ2) is 8.01. The van der Waals surface area contributed by atoms with Gasteiger partial charge in [0.2, 0.25) is 5.91 Å². The normalized spacial score (nSPS) is 16.4. The predicted octanol–water partition coefficient (Wildman–Crippen LogP) is 3.71. The lowest BCUT2D eigenvalue weighted by atomic mass is 9.98. The number of aryl methyl sites for hydroxylation is 1. The van der Waals surface area contributed by atoms with Crippen LogP contribution in [0.3, 0.4) is 0 Å². The summed E-state index contributed by atoms with van der Waals surface area (Å²) in [6, 6.07) is 10.0. The molecule has 0 saturated heterocycles. The van der Waals surface area contributed by atoms with Crippen molar-refractivity contribution < 1.29 is 4.79 Å². The number of carbonyl (C=O) groups is 1. The Kier molecular flexibility index (Phi) is 5.71. The van der Waals surface area contributed by atoms with Crippen LogP contribution in [0.4, 0.5) is 5.69 Å². The third kappa shape index (κ3) is 3.93. The lowest BCUT2D eigenvalue weighted by Crippen LogP contribution is -2.32. The first-order chi connectivity index (χ1) is 12.9. The van der Waals surface area contributed by atoms with Gasteiger partial charge in [0.25, 0.3) is 5.56 Å². The van der Waals surface area contributed by atoms with E-state index in [9.17, 15) is 14.9 Å². The zero-order chi connectivity index (χ0) is 19.6. The van der Waals surface area contributed by atoms with Crippen molar-refractivity contribution in [2.75, 3.05) is 11.4 Å². The van der Waals surface area contributed by atoms with Gasteiger partial charge in [0, 0.05) is 28.8 Å². The average molecular weight is 382 g/mol. The molecule has 1 unspecified atom stereocenters. The maximum absolute atomic E-state index is 13.0. The molecular formula is C21H23N3O2S. The molecule has 0 aliphatic carbocycles. The Labute approximate surface area is 163 Å². The molecule has 1 aliphatic heterocycles. The Morgan fingerprint density at radius 1 is 1.37 bits per heavy atom. The van der Waals surface area contributed by atoms with Gasteiger partial charge in [-0.05, 0) is 49.9 Å². The minimum absolute atomic E-state index is 0.0701. The van der Waals surface area contributed by atoms with Crippen LogP contribution >= 0.6 is 11.8 Å². The van der Waals surface area contributed by atoms with Crippen LogP contribution in [0.1, 0.15) is 42.1 Å². The van der Waals surface area contributed by atoms with Crippen LogP contribution in [0.5, 0.6) is 0 Å². The van der Waals surface area contributed by atoms with E-state index in [4.69, 9.17) is 0 Å². The van der Waals surface area contributed by atoms with E-state index in [0.29, 0.717) is 30.2 Å². The smallest absolute Gasteiger partial charge is 0.266 e. The third-order valence-corrected chi connectivity index (χ3v) is 6.29. The summed E-state index contributed by atoms with van der Waals surface area (Å²) in [6.07, 6.45) is 1.79. The monoisotopic (exact) mass is 381 g/mol. The summed E-state index contributed by atoms with van der Waals surface area (Å²) >= 11 is 1.81. The van der Waals surface area contributed by atoms with Crippen LogP contribution in [-0.2, 0) is 11.2 Å². The number of hydrogen-bond donors (Lipinski definition) is 1. The summed E-state index contributed by atoms with van der Waals surface area (Å²) in [5, 5.41) is 9.68. The number of anilines is 1. The number of pyridine rings is 1. The molecule has 1 aromatic carbocycles. The van der Waals surface area contributed by atoms with Crippen LogP contribution in [0.25, 0.3) is 0 Å². The Hall–Kier alpha value is -2.52. The number of carbonyl (C=O) groups excluding carboxylic acids is 1. The van der Waals surface area contributed by atoms with Crippen molar-refractivity contribution in [2.24, 2.45) is 0 Å². The molecule has 1 aromatic heterocycles. The molecule has 27 heavy (non-hydrogen) atoms. The van der Waals surface area contributed by atoms with E-state index in [1.807, 2.05) is 47.9 Å². The molecule has 140 valence electrons. The second-order valence-electron chi connectivity index (χ2n) is 6.90. The number of benzene rings is 1. The van der Waals surface area contributed by atoms with Crippen LogP contribution in [-0.4, -0.2) is 22.7 Å². The number of amides is 1. The molecular weight excluding hydrogens is 358 g/mol. The zero-order valence-corrected chi connectivity index (χ0v) is 16.7. The fourth-order valence-electron chi connectivity index (χ4n) is 3.53. The van der Waals surface area contributed by atoms with Crippen molar-refractivity contribution >= 4 is 23.4 Å². The maximum atomic E-state index is 13.0. The van der Waals surface area contributed by atoms with Gasteiger partial charge in [-0.25, -0.2) is 0 Å². The summed E-state index contributed by atoms with van der Waals surface area (Å²) in [4.78, 5) is 30.6. The summed E-state index contributed by atoms with van der Waals surface area (Å²) in [5.74, 6) is 0.0701. The number of hydrogen-bond acceptors (Lipinski definition) is 4. The molecule has 0 spiro atoms. The van der Waals surface area contributed by atoms with E-state index < -0.39 is 0 Å². The number of aromatic amines is 1. The number of para-hydroxylation sites is 1. The highest BCUT2D eigenvalue weighted by Gasteiger charge is 2.24. The molecule has 6 heteroatoms. The Morgan fingerprint density at radius 2 is 2.11 bits per heavy atom. The Morgan fingerprint density at radius 3 is 2.85 bits per heavy atom. The van der Waals surface area contributed by atoms with Gasteiger partial charge < -0.3 is 9.88 Å². The molecule has 2 heterocycles. The quantitative estimate of drug-likeness (QED) is 0.879. The topological polar surface area (TPSA) is 77.0 Å². The van der Waals surface area contributed by atoms with Crippen molar-refractivity contribution in [3.05, 3.63) is 57.0 Å². The largest absolute Gasteiger partial charge is 0.325 e. The molecule has 5 nitrogen and oxygen atoms in total. The highest BCUT2D eigenvalue weighted by molar-refractivity contribution is 8.00. The van der Waals surface area contributed by atoms with Crippen molar-refractivity contribution in [1.29, 1.82) is 5.26 Å². The van der Waals surface area contributed by atoms with Gasteiger partial charge in [0.15, 0.2) is 0 Å². The summed E-state index contributed by atoms with van der Waals surface area (Å²) in [5.41, 5.74) is 3.02. The minimum atomic E-state index is -0.366. The molecule has 2 aromatic rings. The Balaban J connectivity index is 1.83. The van der Waals surface area contributed by atoms with E-state index in [0.717, 1.165) is 28.3 Å². The van der Waals surface area contributed by atoms with Crippen LogP contribution in [0, 0.1) is 25.2 Å². The van der Waals surface area contributed by atoms with Gasteiger partial charge in [0.1, 0.15) is 11.6 Å². The number of nitriles is 1. The molecule has 1 aliphatic rings. The fourth-order valence-corrected chi connectivity index (χ4v) is 4.65. The number of nitrogens with one attached hydrogen (secondary N) is 1. The average Bonchev–Trinajstić information content (AvgIpc) is 2.79. The lowest BCUT2D eigenvalue weighted by molar-refractivity contribution is -0.118. The van der Waals surface area contributed by atoms with Gasteiger partial charge in [-0.15, -0.1) is 11.8 Å². The van der Waals surface area contributed by atoms with Crippen molar-refractivity contribution in [3.8, 4) is 6.07 Å². The number of nitrogens with zero attached hydrogens (tertiary/aromatic N) is 2. The van der Waals surface area contributed by atoms with Gasteiger partial charge in [-0.3, -0.25) is 9.59 Å². The first-order valence-electron chi connectivity index (χ1n) is 9.11. The van der Waals surface area contributed by atoms with E-state index in [1.54, 1.807) is 6.92 Å². The first-order valence-corrected chi connectivity index (χ1v) is 9.98. The third-order valence-electron chi connectivity index (χ3n) is 5.05. The first kappa shape index (κ1) is 19.2. The van der Waals surface area contributed by atoms with E-state index in [-0.39, 0.29) is 17.0 Å². The Bertz CT molecular complexity index is 974. The summed E-state index contributed by atoms with van der Waals surface area (Å²) in [7, 11) is 0. The number of thioether (sulfide) groups is 1. The van der Waals surface area contributed by atoms with E-state index in [1.165, 1.54) is 0 Å². The number of aromatic nitrogens is 1. The second-order valence-corrected chi connectivity index (χ2v) is 8.38. The maximum Gasteiger partial charge on any atom is 0.266 e. The molecule has 0 fully saturated rings. The highest BCUT2D eigenvalue weighted by Crippen LogP contribution is 2.37. The van der Waals surface area contributed by atoms with Crippen molar-refractivity contribution in [1.82, 2.24) is 4.98 Å². The van der Waals surface area contributed by atoms with Gasteiger partial charge >= 0.3 is 0 Å². The van der Waals surface area contributed by atoms with Crippen molar-refractivity contribution in [3.63, 3.8) is 0 Å².